The van der Waals surface area contributed by atoms with Crippen molar-refractivity contribution in [2.24, 2.45) is 23.2 Å². The van der Waals surface area contributed by atoms with Gasteiger partial charge >= 0.3 is 5.97 Å². The van der Waals surface area contributed by atoms with Crippen molar-refractivity contribution in [3.8, 4) is 6.07 Å². The number of hydrogen-bond acceptors (Lipinski definition) is 7. The molecule has 3 fully saturated rings. The maximum absolute atomic E-state index is 12.0. The van der Waals surface area contributed by atoms with Crippen LogP contribution >= 0.6 is 0 Å². The van der Waals surface area contributed by atoms with E-state index in [0.29, 0.717) is 6.42 Å². The molecule has 8 nitrogen and oxygen atoms in total. The van der Waals surface area contributed by atoms with Crippen LogP contribution in [0.25, 0.3) is 0 Å². The van der Waals surface area contributed by atoms with Gasteiger partial charge in [0.25, 0.3) is 10.1 Å². The molecular formula is C15H20N2O6S. The molecule has 3 rings (SSSR count). The van der Waals surface area contributed by atoms with E-state index in [1.165, 1.54) is 0 Å². The number of nitriles is 1. The van der Waals surface area contributed by atoms with E-state index in [1.807, 2.05) is 6.07 Å². The molecule has 1 heterocycles. The molecule has 3 aliphatic rings. The monoisotopic (exact) mass is 356 g/mol. The average Bonchev–Trinajstić information content (AvgIpc) is 3.05. The molecule has 2 aliphatic carbocycles. The zero-order valence-electron chi connectivity index (χ0n) is 13.7. The van der Waals surface area contributed by atoms with E-state index < -0.39 is 44.9 Å². The van der Waals surface area contributed by atoms with Crippen molar-refractivity contribution in [3.63, 3.8) is 0 Å². The highest BCUT2D eigenvalue weighted by molar-refractivity contribution is 7.87. The minimum Gasteiger partial charge on any atom is -0.458 e. The van der Waals surface area contributed by atoms with Gasteiger partial charge in [-0.25, -0.2) is 0 Å². The summed E-state index contributed by atoms with van der Waals surface area (Å²) in [4.78, 5) is 23.8. The average molecular weight is 356 g/mol. The van der Waals surface area contributed by atoms with Crippen LogP contribution in [0, 0.1) is 34.5 Å². The molecule has 9 heteroatoms. The van der Waals surface area contributed by atoms with E-state index in [0.717, 1.165) is 0 Å². The maximum Gasteiger partial charge on any atom is 0.325 e. The Labute approximate surface area is 140 Å². The summed E-state index contributed by atoms with van der Waals surface area (Å²) in [5, 5.41) is 11.0. The van der Waals surface area contributed by atoms with Crippen LogP contribution in [0.15, 0.2) is 0 Å². The number of hydrogen-bond donors (Lipinski definition) is 1. The SMILES string of the molecule is CC(C)(C)C(=O)NCC(=O)OC1C2CC3C1OS(=O)(=O)C3C2C#N. The van der Waals surface area contributed by atoms with E-state index >= 15 is 0 Å². The second-order valence-corrected chi connectivity index (χ2v) is 9.35. The molecule has 0 aromatic carbocycles. The number of ether oxygens (including phenoxy) is 1. The summed E-state index contributed by atoms with van der Waals surface area (Å²) in [5.74, 6) is -2.31. The van der Waals surface area contributed by atoms with Crippen LogP contribution in [0.4, 0.5) is 0 Å². The van der Waals surface area contributed by atoms with Crippen LogP contribution in [0.5, 0.6) is 0 Å². The molecule has 6 unspecified atom stereocenters. The Hall–Kier alpha value is -1.66. The molecule has 1 N–H and O–H groups in total. The molecule has 24 heavy (non-hydrogen) atoms. The van der Waals surface area contributed by atoms with Crippen LogP contribution in [0.3, 0.4) is 0 Å². The molecule has 0 aromatic rings. The van der Waals surface area contributed by atoms with Crippen molar-refractivity contribution in [3.05, 3.63) is 0 Å². The Kier molecular flexibility index (Phi) is 3.88. The van der Waals surface area contributed by atoms with E-state index in [-0.39, 0.29) is 24.3 Å². The van der Waals surface area contributed by atoms with Gasteiger partial charge in [0, 0.05) is 17.3 Å². The summed E-state index contributed by atoms with van der Waals surface area (Å²) >= 11 is 0. The first-order valence-corrected chi connectivity index (χ1v) is 9.33. The number of carbonyl (C=O) groups is 2. The van der Waals surface area contributed by atoms with E-state index in [4.69, 9.17) is 8.92 Å². The number of esters is 1. The molecular weight excluding hydrogens is 336 g/mol. The van der Waals surface area contributed by atoms with Crippen LogP contribution in [0.1, 0.15) is 27.2 Å². The first-order valence-electron chi connectivity index (χ1n) is 7.86. The van der Waals surface area contributed by atoms with Crippen molar-refractivity contribution >= 4 is 22.0 Å². The third-order valence-electron chi connectivity index (χ3n) is 5.02. The fourth-order valence-electron chi connectivity index (χ4n) is 3.93. The highest BCUT2D eigenvalue weighted by Crippen LogP contribution is 2.58. The van der Waals surface area contributed by atoms with E-state index in [9.17, 15) is 23.3 Å². The Bertz CT molecular complexity index is 719. The zero-order chi connectivity index (χ0) is 17.9. The predicted molar refractivity (Wildman–Crippen MR) is 80.6 cm³/mol. The summed E-state index contributed by atoms with van der Waals surface area (Å²) in [6, 6.07) is 2.03. The number of fused-ring (bicyclic) bond motifs is 1. The maximum atomic E-state index is 12.0. The summed E-state index contributed by atoms with van der Waals surface area (Å²) in [5.41, 5.74) is -0.630. The van der Waals surface area contributed by atoms with Gasteiger partial charge in [-0.1, -0.05) is 20.8 Å². The first kappa shape index (κ1) is 17.2. The van der Waals surface area contributed by atoms with Crippen LogP contribution in [-0.2, 0) is 28.6 Å². The van der Waals surface area contributed by atoms with E-state index in [2.05, 4.69) is 5.32 Å². The molecule has 6 atom stereocenters. The quantitative estimate of drug-likeness (QED) is 0.555. The summed E-state index contributed by atoms with van der Waals surface area (Å²) in [6.45, 7) is 4.86. The lowest BCUT2D eigenvalue weighted by Gasteiger charge is -2.28. The molecule has 2 saturated carbocycles. The molecule has 0 radical (unpaired) electrons. The van der Waals surface area contributed by atoms with Gasteiger partial charge < -0.3 is 10.1 Å². The topological polar surface area (TPSA) is 123 Å². The van der Waals surface area contributed by atoms with Crippen LogP contribution in [0.2, 0.25) is 0 Å². The minimum absolute atomic E-state index is 0.290. The Morgan fingerprint density at radius 1 is 1.33 bits per heavy atom. The lowest BCUT2D eigenvalue weighted by Crippen LogP contribution is -2.44. The molecule has 132 valence electrons. The molecule has 2 bridgehead atoms. The van der Waals surface area contributed by atoms with Gasteiger partial charge in [-0.2, -0.15) is 13.7 Å². The largest absolute Gasteiger partial charge is 0.458 e. The normalized spacial score (nSPS) is 38.6. The third kappa shape index (κ3) is 2.58. The Morgan fingerprint density at radius 3 is 2.58 bits per heavy atom. The number of rotatable bonds is 3. The van der Waals surface area contributed by atoms with Gasteiger partial charge in [0.1, 0.15) is 24.0 Å². The first-order chi connectivity index (χ1) is 11.1. The van der Waals surface area contributed by atoms with Crippen molar-refractivity contribution < 1.29 is 26.9 Å². The lowest BCUT2D eigenvalue weighted by molar-refractivity contribution is -0.156. The third-order valence-corrected chi connectivity index (χ3v) is 6.82. The van der Waals surface area contributed by atoms with Crippen molar-refractivity contribution in [1.29, 1.82) is 5.26 Å². The summed E-state index contributed by atoms with van der Waals surface area (Å²) in [6.07, 6.45) is -0.969. The number of carbonyl (C=O) groups excluding carboxylic acids is 2. The smallest absolute Gasteiger partial charge is 0.325 e. The zero-order valence-corrected chi connectivity index (χ0v) is 14.5. The van der Waals surface area contributed by atoms with Gasteiger partial charge in [0.2, 0.25) is 5.91 Å². The summed E-state index contributed by atoms with van der Waals surface area (Å²) in [7, 11) is -3.79. The van der Waals surface area contributed by atoms with Gasteiger partial charge in [0.05, 0.1) is 12.0 Å². The van der Waals surface area contributed by atoms with Gasteiger partial charge in [-0.3, -0.25) is 13.8 Å². The lowest BCUT2D eigenvalue weighted by atomic mass is 9.85. The van der Waals surface area contributed by atoms with Gasteiger partial charge in [-0.05, 0) is 6.42 Å². The predicted octanol–water partition coefficient (Wildman–Crippen LogP) is -0.0528. The molecule has 1 amide bonds. The highest BCUT2D eigenvalue weighted by atomic mass is 32.2. The number of nitrogens with one attached hydrogen (secondary N) is 1. The van der Waals surface area contributed by atoms with Crippen molar-refractivity contribution in [1.82, 2.24) is 5.32 Å². The van der Waals surface area contributed by atoms with E-state index in [1.54, 1.807) is 20.8 Å². The van der Waals surface area contributed by atoms with Crippen molar-refractivity contribution in [2.45, 2.75) is 44.6 Å². The Balaban J connectivity index is 1.66. The fraction of sp³-hybridized carbons (Fsp3) is 0.800. The van der Waals surface area contributed by atoms with Gasteiger partial charge in [0.15, 0.2) is 0 Å². The van der Waals surface area contributed by atoms with Crippen LogP contribution < -0.4 is 5.32 Å². The van der Waals surface area contributed by atoms with Crippen LogP contribution in [-0.4, -0.2) is 44.3 Å². The minimum atomic E-state index is -3.79. The van der Waals surface area contributed by atoms with Gasteiger partial charge in [-0.15, -0.1) is 0 Å². The fourth-order valence-corrected chi connectivity index (χ4v) is 5.93. The number of amides is 1. The Morgan fingerprint density at radius 2 is 2.00 bits per heavy atom. The molecule has 1 aliphatic heterocycles. The number of nitrogens with zero attached hydrogens (tertiary/aromatic N) is 1. The second kappa shape index (κ2) is 5.43. The molecule has 1 saturated heterocycles. The van der Waals surface area contributed by atoms with Crippen molar-refractivity contribution in [2.75, 3.05) is 6.54 Å². The standard InChI is InChI=1S/C15H20N2O6S/c1-15(2,3)14(19)17-6-10(18)22-11-7-4-8-12(11)23-24(20,21)13(8)9(7)5-16/h7-9,11-13H,4,6H2,1-3H3,(H,17,19). The molecule has 0 aromatic heterocycles. The molecule has 0 spiro atoms. The summed E-state index contributed by atoms with van der Waals surface area (Å²) < 4.78 is 34.5. The second-order valence-electron chi connectivity index (χ2n) is 7.62. The highest BCUT2D eigenvalue weighted by Gasteiger charge is 2.70.